The summed E-state index contributed by atoms with van der Waals surface area (Å²) in [7, 11) is 0. The summed E-state index contributed by atoms with van der Waals surface area (Å²) >= 11 is 0. The third-order valence-electron chi connectivity index (χ3n) is 4.60. The van der Waals surface area contributed by atoms with E-state index in [1.54, 1.807) is 0 Å². The van der Waals surface area contributed by atoms with Crippen molar-refractivity contribution in [3.05, 3.63) is 48.0 Å². The number of carboxylic acid groups (broad SMARTS) is 1. The van der Waals surface area contributed by atoms with Crippen molar-refractivity contribution in [2.24, 2.45) is 0 Å². The first kappa shape index (κ1) is 14.1. The van der Waals surface area contributed by atoms with Gasteiger partial charge in [0.05, 0.1) is 0 Å². The summed E-state index contributed by atoms with van der Waals surface area (Å²) in [5.74, 6) is -0.693. The van der Waals surface area contributed by atoms with Crippen LogP contribution in [0.15, 0.2) is 42.5 Å². The normalized spacial score (nSPS) is 21.3. The van der Waals surface area contributed by atoms with Crippen LogP contribution < -0.4 is 0 Å². The van der Waals surface area contributed by atoms with Crippen molar-refractivity contribution in [2.75, 3.05) is 6.54 Å². The molecule has 1 heterocycles. The molecule has 1 aliphatic heterocycles. The summed E-state index contributed by atoms with van der Waals surface area (Å²) in [5, 5.41) is 11.9. The minimum Gasteiger partial charge on any atom is -0.480 e. The minimum absolute atomic E-state index is 0.123. The highest BCUT2D eigenvalue weighted by Crippen LogP contribution is 2.32. The van der Waals surface area contributed by atoms with Crippen molar-refractivity contribution >= 4 is 16.7 Å². The summed E-state index contributed by atoms with van der Waals surface area (Å²) in [6.45, 7) is 2.99. The Morgan fingerprint density at radius 2 is 1.95 bits per heavy atom. The highest BCUT2D eigenvalue weighted by molar-refractivity contribution is 5.86. The van der Waals surface area contributed by atoms with Crippen molar-refractivity contribution in [1.82, 2.24) is 4.90 Å². The lowest BCUT2D eigenvalue weighted by molar-refractivity contribution is -0.145. The number of piperidine rings is 1. The van der Waals surface area contributed by atoms with Crippen LogP contribution in [0, 0.1) is 0 Å². The van der Waals surface area contributed by atoms with Gasteiger partial charge < -0.3 is 5.11 Å². The number of fused-ring (bicyclic) bond motifs is 1. The molecule has 0 bridgehead atoms. The largest absolute Gasteiger partial charge is 0.480 e. The SMILES string of the molecule is CC(c1cccc2ccccc12)N1CCCCC1C(=O)O. The van der Waals surface area contributed by atoms with Gasteiger partial charge in [-0.05, 0) is 42.6 Å². The Morgan fingerprint density at radius 3 is 2.76 bits per heavy atom. The van der Waals surface area contributed by atoms with Crippen LogP contribution >= 0.6 is 0 Å². The molecule has 3 rings (SSSR count). The average molecular weight is 283 g/mol. The monoisotopic (exact) mass is 283 g/mol. The molecular formula is C18H21NO2. The van der Waals surface area contributed by atoms with Crippen LogP contribution in [0.3, 0.4) is 0 Å². The summed E-state index contributed by atoms with van der Waals surface area (Å²) < 4.78 is 0. The van der Waals surface area contributed by atoms with Crippen molar-refractivity contribution in [1.29, 1.82) is 0 Å². The number of rotatable bonds is 3. The van der Waals surface area contributed by atoms with Gasteiger partial charge in [-0.25, -0.2) is 0 Å². The maximum atomic E-state index is 11.5. The maximum Gasteiger partial charge on any atom is 0.320 e. The lowest BCUT2D eigenvalue weighted by Gasteiger charge is -2.38. The van der Waals surface area contributed by atoms with E-state index in [1.165, 1.54) is 16.3 Å². The number of carbonyl (C=O) groups is 1. The van der Waals surface area contributed by atoms with E-state index in [-0.39, 0.29) is 12.1 Å². The number of benzene rings is 2. The van der Waals surface area contributed by atoms with Crippen molar-refractivity contribution in [3.8, 4) is 0 Å². The third kappa shape index (κ3) is 2.66. The van der Waals surface area contributed by atoms with Crippen molar-refractivity contribution in [3.63, 3.8) is 0 Å². The third-order valence-corrected chi connectivity index (χ3v) is 4.60. The first-order chi connectivity index (χ1) is 10.2. The van der Waals surface area contributed by atoms with Crippen molar-refractivity contribution < 1.29 is 9.90 Å². The topological polar surface area (TPSA) is 40.5 Å². The highest BCUT2D eigenvalue weighted by Gasteiger charge is 2.32. The molecule has 21 heavy (non-hydrogen) atoms. The molecule has 0 spiro atoms. The molecule has 2 atom stereocenters. The first-order valence-corrected chi connectivity index (χ1v) is 7.64. The van der Waals surface area contributed by atoms with Crippen LogP contribution in [0.4, 0.5) is 0 Å². The van der Waals surface area contributed by atoms with Crippen LogP contribution in [-0.4, -0.2) is 28.6 Å². The number of likely N-dealkylation sites (tertiary alicyclic amines) is 1. The zero-order valence-corrected chi connectivity index (χ0v) is 12.3. The lowest BCUT2D eigenvalue weighted by atomic mass is 9.94. The average Bonchev–Trinajstić information content (AvgIpc) is 2.53. The second-order valence-corrected chi connectivity index (χ2v) is 5.83. The van der Waals surface area contributed by atoms with E-state index >= 15 is 0 Å². The minimum atomic E-state index is -0.693. The highest BCUT2D eigenvalue weighted by atomic mass is 16.4. The van der Waals surface area contributed by atoms with Gasteiger partial charge in [0, 0.05) is 6.04 Å². The smallest absolute Gasteiger partial charge is 0.320 e. The van der Waals surface area contributed by atoms with Gasteiger partial charge in [0.2, 0.25) is 0 Å². The number of hydrogen-bond acceptors (Lipinski definition) is 2. The molecule has 3 nitrogen and oxygen atoms in total. The molecule has 1 N–H and O–H groups in total. The van der Waals surface area contributed by atoms with E-state index in [4.69, 9.17) is 0 Å². The quantitative estimate of drug-likeness (QED) is 0.930. The Morgan fingerprint density at radius 1 is 1.19 bits per heavy atom. The van der Waals surface area contributed by atoms with Crippen LogP contribution in [0.5, 0.6) is 0 Å². The Labute approximate surface area is 125 Å². The molecule has 2 aromatic rings. The molecule has 1 saturated heterocycles. The zero-order valence-electron chi connectivity index (χ0n) is 12.3. The Hall–Kier alpha value is -1.87. The van der Waals surface area contributed by atoms with Gasteiger partial charge in [0.25, 0.3) is 0 Å². The summed E-state index contributed by atoms with van der Waals surface area (Å²) in [4.78, 5) is 13.7. The van der Waals surface area contributed by atoms with Gasteiger partial charge >= 0.3 is 5.97 Å². The fourth-order valence-corrected chi connectivity index (χ4v) is 3.48. The molecule has 3 heteroatoms. The van der Waals surface area contributed by atoms with Crippen molar-refractivity contribution in [2.45, 2.75) is 38.3 Å². The van der Waals surface area contributed by atoms with Crippen LogP contribution in [-0.2, 0) is 4.79 Å². The predicted octanol–water partition coefficient (Wildman–Crippen LogP) is 3.84. The first-order valence-electron chi connectivity index (χ1n) is 7.64. The fourth-order valence-electron chi connectivity index (χ4n) is 3.48. The van der Waals surface area contributed by atoms with Crippen LogP contribution in [0.25, 0.3) is 10.8 Å². The molecule has 1 fully saturated rings. The fraction of sp³-hybridized carbons (Fsp3) is 0.389. The molecular weight excluding hydrogens is 262 g/mol. The zero-order chi connectivity index (χ0) is 14.8. The van der Waals surface area contributed by atoms with E-state index in [2.05, 4.69) is 42.2 Å². The molecule has 0 aliphatic carbocycles. The molecule has 110 valence electrons. The predicted molar refractivity (Wildman–Crippen MR) is 84.3 cm³/mol. The van der Waals surface area contributed by atoms with E-state index in [9.17, 15) is 9.90 Å². The van der Waals surface area contributed by atoms with Gasteiger partial charge in [-0.15, -0.1) is 0 Å². The van der Waals surface area contributed by atoms with Gasteiger partial charge in [0.1, 0.15) is 6.04 Å². The standard InChI is InChI=1S/C18H21NO2/c1-13(19-12-5-4-11-17(19)18(20)21)15-10-6-8-14-7-2-3-9-16(14)15/h2-3,6-10,13,17H,4-5,11-12H2,1H3,(H,20,21). The Bertz CT molecular complexity index is 647. The number of aliphatic carboxylic acids is 1. The molecule has 0 aromatic heterocycles. The number of carboxylic acids is 1. The maximum absolute atomic E-state index is 11.5. The lowest BCUT2D eigenvalue weighted by Crippen LogP contribution is -2.45. The summed E-state index contributed by atoms with van der Waals surface area (Å²) in [6.07, 6.45) is 2.85. The number of hydrogen-bond donors (Lipinski definition) is 1. The van der Waals surface area contributed by atoms with E-state index in [0.717, 1.165) is 25.8 Å². The van der Waals surface area contributed by atoms with Crippen LogP contribution in [0.2, 0.25) is 0 Å². The van der Waals surface area contributed by atoms with Crippen LogP contribution in [0.1, 0.15) is 37.8 Å². The van der Waals surface area contributed by atoms with Gasteiger partial charge in [-0.2, -0.15) is 0 Å². The van der Waals surface area contributed by atoms with Gasteiger partial charge in [-0.3, -0.25) is 9.69 Å². The van der Waals surface area contributed by atoms with Gasteiger partial charge in [-0.1, -0.05) is 48.9 Å². The van der Waals surface area contributed by atoms with E-state index < -0.39 is 5.97 Å². The molecule has 0 saturated carbocycles. The molecule has 2 unspecified atom stereocenters. The summed E-state index contributed by atoms with van der Waals surface area (Å²) in [5.41, 5.74) is 1.22. The molecule has 1 aliphatic rings. The molecule has 0 amide bonds. The van der Waals surface area contributed by atoms with E-state index in [0.29, 0.717) is 0 Å². The number of nitrogens with zero attached hydrogens (tertiary/aromatic N) is 1. The van der Waals surface area contributed by atoms with E-state index in [1.807, 2.05) is 12.1 Å². The molecule has 2 aromatic carbocycles. The second kappa shape index (κ2) is 5.86. The Balaban J connectivity index is 1.99. The molecule has 0 radical (unpaired) electrons. The second-order valence-electron chi connectivity index (χ2n) is 5.83. The van der Waals surface area contributed by atoms with Gasteiger partial charge in [0.15, 0.2) is 0 Å². The Kier molecular flexibility index (Phi) is 3.93. The summed E-state index contributed by atoms with van der Waals surface area (Å²) in [6, 6.07) is 14.4.